The number of carbonyl (C=O) groups is 2. The maximum absolute atomic E-state index is 12.8. The van der Waals surface area contributed by atoms with Crippen LogP contribution in [0.1, 0.15) is 31.3 Å². The van der Waals surface area contributed by atoms with Crippen molar-refractivity contribution in [1.82, 2.24) is 14.5 Å². The van der Waals surface area contributed by atoms with Crippen LogP contribution in [0.3, 0.4) is 0 Å². The van der Waals surface area contributed by atoms with Crippen molar-refractivity contribution in [1.29, 1.82) is 0 Å². The Hall–Kier alpha value is -0.684. The molecule has 1 N–H and O–H groups in total. The molecule has 0 saturated carbocycles. The van der Waals surface area contributed by atoms with Gasteiger partial charge in [0.15, 0.2) is 0 Å². The number of para-hydroxylation sites is 1. The molecule has 2 aromatic rings. The molecule has 0 unspecified atom stereocenters. The average molecular weight is 424 g/mol. The Morgan fingerprint density at radius 2 is 2.18 bits per heavy atom. The number of carbonyl (C=O) groups excluding carboxylic acids is 2. The SMILES string of the molecule is CC1(C)S[C@@H]2[C@H]([C@H](O)c3nc4cccc5c4n3CC=C5)C(=O)N2[C@H]1C(=O)[O-].[K+]. The quantitative estimate of drug-likeness (QED) is 0.434. The molecule has 5 rings (SSSR count). The Balaban J connectivity index is 0.00000192. The first kappa shape index (κ1) is 20.6. The summed E-state index contributed by atoms with van der Waals surface area (Å²) in [5, 5.41) is 22.2. The van der Waals surface area contributed by atoms with Gasteiger partial charge in [0.1, 0.15) is 17.8 Å². The van der Waals surface area contributed by atoms with Crippen molar-refractivity contribution in [3.63, 3.8) is 0 Å². The molecule has 4 atom stereocenters. The second-order valence-corrected chi connectivity index (χ2v) is 9.52. The molecular formula is C19H18KN3O4S. The summed E-state index contributed by atoms with van der Waals surface area (Å²) in [6, 6.07) is 4.80. The number of aromatic nitrogens is 2. The van der Waals surface area contributed by atoms with Gasteiger partial charge >= 0.3 is 51.4 Å². The number of hydrogen-bond acceptors (Lipinski definition) is 6. The number of fused-ring (bicyclic) bond motifs is 1. The summed E-state index contributed by atoms with van der Waals surface area (Å²) in [6.45, 7) is 4.16. The normalized spacial score (nSPS) is 27.9. The number of thioether (sulfide) groups is 1. The molecule has 3 aliphatic rings. The predicted molar refractivity (Wildman–Crippen MR) is 98.3 cm³/mol. The summed E-state index contributed by atoms with van der Waals surface area (Å²) in [5.74, 6) is -1.87. The number of benzene rings is 1. The number of hydrogen-bond donors (Lipinski definition) is 1. The third-order valence-corrected chi connectivity index (χ3v) is 7.32. The Kier molecular flexibility index (Phi) is 5.10. The molecule has 0 radical (unpaired) electrons. The number of carboxylic acid groups (broad SMARTS) is 1. The fourth-order valence-electron chi connectivity index (χ4n) is 4.54. The van der Waals surface area contributed by atoms with Crippen LogP contribution >= 0.6 is 11.8 Å². The van der Waals surface area contributed by atoms with Crippen molar-refractivity contribution in [2.24, 2.45) is 5.92 Å². The van der Waals surface area contributed by atoms with Crippen molar-refractivity contribution in [3.05, 3.63) is 35.7 Å². The number of aliphatic hydroxyl groups excluding tert-OH is 1. The minimum atomic E-state index is -1.26. The summed E-state index contributed by atoms with van der Waals surface area (Å²) < 4.78 is 1.27. The molecule has 28 heavy (non-hydrogen) atoms. The molecule has 140 valence electrons. The van der Waals surface area contributed by atoms with Gasteiger partial charge in [-0.2, -0.15) is 0 Å². The monoisotopic (exact) mass is 423 g/mol. The Labute approximate surface area is 208 Å². The van der Waals surface area contributed by atoms with Crippen LogP contribution in [0, 0.1) is 5.92 Å². The Morgan fingerprint density at radius 3 is 2.89 bits per heavy atom. The maximum atomic E-state index is 12.8. The van der Waals surface area contributed by atoms with Gasteiger partial charge < -0.3 is 24.5 Å². The number of imidazole rings is 1. The molecule has 0 aliphatic carbocycles. The zero-order valence-electron chi connectivity index (χ0n) is 15.8. The summed E-state index contributed by atoms with van der Waals surface area (Å²) in [4.78, 5) is 30.3. The molecule has 2 fully saturated rings. The van der Waals surface area contributed by atoms with E-state index in [0.717, 1.165) is 16.6 Å². The number of allylic oxidation sites excluding steroid dienone is 1. The molecule has 2 saturated heterocycles. The van der Waals surface area contributed by atoms with Gasteiger partial charge in [-0.1, -0.05) is 24.3 Å². The minimum absolute atomic E-state index is 0. The van der Waals surface area contributed by atoms with E-state index in [-0.39, 0.29) is 57.3 Å². The van der Waals surface area contributed by atoms with Crippen molar-refractivity contribution in [3.8, 4) is 0 Å². The van der Waals surface area contributed by atoms with Crippen molar-refractivity contribution in [2.75, 3.05) is 0 Å². The topological polar surface area (TPSA) is 98.5 Å². The first-order valence-corrected chi connectivity index (χ1v) is 9.74. The van der Waals surface area contributed by atoms with Crippen LogP contribution < -0.4 is 56.5 Å². The van der Waals surface area contributed by atoms with Crippen molar-refractivity contribution in [2.45, 2.75) is 42.7 Å². The smallest absolute Gasteiger partial charge is 0.548 e. The third-order valence-electron chi connectivity index (χ3n) is 5.72. The molecule has 9 heteroatoms. The van der Waals surface area contributed by atoms with E-state index >= 15 is 0 Å². The first-order valence-electron chi connectivity index (χ1n) is 8.86. The van der Waals surface area contributed by atoms with E-state index < -0.39 is 34.2 Å². The standard InChI is InChI=1S/C19H19N3O4S.K/c1-19(2)14(18(25)26)22-16(24)11(17(22)27-19)13(23)15-20-10-7-3-5-9-6-4-8-21(15)12(9)10;/h3-7,11,13-14,17,23H,8H2,1-2H3,(H,25,26);/q;+1/p-1/t11-,13+,14+,17-;/m1./s1. The molecule has 0 bridgehead atoms. The van der Waals surface area contributed by atoms with Gasteiger partial charge in [0, 0.05) is 16.9 Å². The van der Waals surface area contributed by atoms with Crippen LogP contribution in [0.2, 0.25) is 0 Å². The number of β-lactam (4-membered cyclic amide) rings is 1. The van der Waals surface area contributed by atoms with E-state index in [4.69, 9.17) is 0 Å². The van der Waals surface area contributed by atoms with E-state index in [1.165, 1.54) is 16.7 Å². The number of rotatable bonds is 3. The van der Waals surface area contributed by atoms with Crippen LogP contribution in [0.15, 0.2) is 24.3 Å². The van der Waals surface area contributed by atoms with Crippen molar-refractivity contribution >= 4 is 40.7 Å². The first-order chi connectivity index (χ1) is 12.8. The van der Waals surface area contributed by atoms with E-state index in [9.17, 15) is 19.8 Å². The molecule has 1 aromatic carbocycles. The second kappa shape index (κ2) is 6.93. The van der Waals surface area contributed by atoms with Gasteiger partial charge in [-0.3, -0.25) is 4.79 Å². The third kappa shape index (κ3) is 2.71. The van der Waals surface area contributed by atoms with Crippen LogP contribution in [-0.2, 0) is 16.1 Å². The zero-order valence-corrected chi connectivity index (χ0v) is 19.8. The van der Waals surface area contributed by atoms with Gasteiger partial charge in [0.2, 0.25) is 5.91 Å². The number of amides is 1. The average Bonchev–Trinajstić information content (AvgIpc) is 3.10. The predicted octanol–water partition coefficient (Wildman–Crippen LogP) is -2.47. The van der Waals surface area contributed by atoms with E-state index in [2.05, 4.69) is 4.98 Å². The zero-order chi connectivity index (χ0) is 19.1. The number of nitrogens with zero attached hydrogens (tertiary/aromatic N) is 3. The molecule has 7 nitrogen and oxygen atoms in total. The van der Waals surface area contributed by atoms with Crippen molar-refractivity contribution < 1.29 is 71.2 Å². The van der Waals surface area contributed by atoms with E-state index in [1.807, 2.05) is 34.9 Å². The van der Waals surface area contributed by atoms with Gasteiger partial charge in [0.05, 0.1) is 28.4 Å². The minimum Gasteiger partial charge on any atom is -0.548 e. The summed E-state index contributed by atoms with van der Waals surface area (Å²) in [7, 11) is 0. The molecule has 3 aliphatic heterocycles. The Morgan fingerprint density at radius 1 is 1.43 bits per heavy atom. The van der Waals surface area contributed by atoms with Gasteiger partial charge in [-0.15, -0.1) is 11.8 Å². The van der Waals surface area contributed by atoms with Gasteiger partial charge in [-0.25, -0.2) is 4.98 Å². The molecule has 4 heterocycles. The fourth-order valence-corrected chi connectivity index (χ4v) is 6.25. The number of carboxylic acids is 1. The molecule has 0 spiro atoms. The van der Waals surface area contributed by atoms with E-state index in [0.29, 0.717) is 12.4 Å². The van der Waals surface area contributed by atoms with Crippen LogP contribution in [0.25, 0.3) is 17.1 Å². The summed E-state index contributed by atoms with van der Waals surface area (Å²) in [5.41, 5.74) is 2.76. The summed E-state index contributed by atoms with van der Waals surface area (Å²) >= 11 is 1.40. The van der Waals surface area contributed by atoms with Crippen LogP contribution in [0.5, 0.6) is 0 Å². The molecular weight excluding hydrogens is 405 g/mol. The van der Waals surface area contributed by atoms with Gasteiger partial charge in [0.25, 0.3) is 0 Å². The maximum Gasteiger partial charge on any atom is 1.00 e. The molecule has 1 aromatic heterocycles. The number of aliphatic carboxylic acids is 1. The molecule has 1 amide bonds. The van der Waals surface area contributed by atoms with Gasteiger partial charge in [-0.05, 0) is 19.9 Å². The second-order valence-electron chi connectivity index (χ2n) is 7.75. The van der Waals surface area contributed by atoms with E-state index in [1.54, 1.807) is 13.8 Å². The summed E-state index contributed by atoms with van der Waals surface area (Å²) in [6.07, 6.45) is 2.93. The Bertz CT molecular complexity index is 1030. The van der Waals surface area contributed by atoms with Crippen LogP contribution in [0.4, 0.5) is 0 Å². The number of aliphatic hydroxyl groups is 1. The van der Waals surface area contributed by atoms with Crippen LogP contribution in [-0.4, -0.2) is 47.6 Å². The fraction of sp³-hybridized carbons (Fsp3) is 0.421. The largest absolute Gasteiger partial charge is 1.00 e.